The molecule has 281 valence electrons. The van der Waals surface area contributed by atoms with Gasteiger partial charge in [-0.15, -0.1) is 70.8 Å². The molecule has 2 aromatic heterocycles. The van der Waals surface area contributed by atoms with Gasteiger partial charge in [-0.25, -0.2) is 0 Å². The van der Waals surface area contributed by atoms with E-state index in [4.69, 9.17) is 4.98 Å². The van der Waals surface area contributed by atoms with Crippen molar-refractivity contribution < 1.29 is 20.1 Å². The van der Waals surface area contributed by atoms with Gasteiger partial charge in [0.05, 0.1) is 0 Å². The van der Waals surface area contributed by atoms with Crippen molar-refractivity contribution in [1.29, 1.82) is 0 Å². The fraction of sp³-hybridized carbons (Fsp3) is 0.269. The van der Waals surface area contributed by atoms with Gasteiger partial charge in [0.25, 0.3) is 0 Å². The summed E-state index contributed by atoms with van der Waals surface area (Å²) in [5.41, 5.74) is 18.6. The summed E-state index contributed by atoms with van der Waals surface area (Å²) < 4.78 is 0. The molecule has 0 amide bonds. The largest absolute Gasteiger partial charge is 0.304 e. The van der Waals surface area contributed by atoms with E-state index in [1.807, 2.05) is 12.4 Å². The quantitative estimate of drug-likeness (QED) is 0.165. The molecule has 0 unspecified atom stereocenters. The van der Waals surface area contributed by atoms with Crippen molar-refractivity contribution in [2.45, 2.75) is 92.4 Å². The van der Waals surface area contributed by atoms with E-state index in [-0.39, 0.29) is 36.4 Å². The fourth-order valence-corrected chi connectivity index (χ4v) is 8.17. The molecule has 1 radical (unpaired) electrons. The summed E-state index contributed by atoms with van der Waals surface area (Å²) in [5.74, 6) is 0. The first-order valence-electron chi connectivity index (χ1n) is 19.2. The van der Waals surface area contributed by atoms with Crippen LogP contribution in [0, 0.1) is 32.9 Å². The molecule has 0 saturated heterocycles. The maximum atomic E-state index is 4.94. The third-order valence-electron chi connectivity index (χ3n) is 11.1. The van der Waals surface area contributed by atoms with Crippen molar-refractivity contribution in [1.82, 2.24) is 9.97 Å². The SMILES string of the molecule is CC(C)(C)c1c[c-]c(-c2ccc(C(C)(C)C)cn2)cc1.Cc1cc(C)c(-c2cc[c-]c(-c3nccc4c3C(C)(C)c3ccc5ccccc5c3-4)c2)c(C)c1.[Ir]. The van der Waals surface area contributed by atoms with E-state index in [1.165, 1.54) is 72.0 Å². The van der Waals surface area contributed by atoms with E-state index >= 15 is 0 Å². The molecule has 7 aromatic rings. The number of hydrogen-bond donors (Lipinski definition) is 0. The normalized spacial score (nSPS) is 13.0. The zero-order chi connectivity index (χ0) is 38.6. The first kappa shape index (κ1) is 40.0. The van der Waals surface area contributed by atoms with Crippen LogP contribution in [0.2, 0.25) is 0 Å². The first-order valence-corrected chi connectivity index (χ1v) is 19.2. The second-order valence-electron chi connectivity index (χ2n) is 17.6. The van der Waals surface area contributed by atoms with Crippen LogP contribution in [0.4, 0.5) is 0 Å². The average molecular weight is 897 g/mol. The number of hydrogen-bond acceptors (Lipinski definition) is 2. The van der Waals surface area contributed by atoms with Gasteiger partial charge < -0.3 is 9.97 Å². The second kappa shape index (κ2) is 15.1. The van der Waals surface area contributed by atoms with Crippen LogP contribution in [0.15, 0.2) is 116 Å². The Morgan fingerprint density at radius 1 is 0.636 bits per heavy atom. The molecule has 2 nitrogen and oxygen atoms in total. The number of aryl methyl sites for hydroxylation is 3. The van der Waals surface area contributed by atoms with E-state index in [0.29, 0.717) is 0 Å². The van der Waals surface area contributed by atoms with Crippen molar-refractivity contribution in [3.8, 4) is 44.8 Å². The van der Waals surface area contributed by atoms with Crippen molar-refractivity contribution in [2.75, 3.05) is 0 Å². The predicted octanol–water partition coefficient (Wildman–Crippen LogP) is 13.7. The maximum Gasteiger partial charge on any atom is 0.0198 e. The molecule has 0 aliphatic heterocycles. The summed E-state index contributed by atoms with van der Waals surface area (Å²) in [6, 6.07) is 43.9. The van der Waals surface area contributed by atoms with E-state index in [9.17, 15) is 0 Å². The molecule has 2 heterocycles. The summed E-state index contributed by atoms with van der Waals surface area (Å²) in [4.78, 5) is 9.52. The topological polar surface area (TPSA) is 25.8 Å². The van der Waals surface area contributed by atoms with E-state index < -0.39 is 0 Å². The van der Waals surface area contributed by atoms with Gasteiger partial charge in [0.1, 0.15) is 0 Å². The second-order valence-corrected chi connectivity index (χ2v) is 17.6. The molecule has 0 atom stereocenters. The van der Waals surface area contributed by atoms with Crippen LogP contribution < -0.4 is 0 Å². The minimum atomic E-state index is -0.141. The van der Waals surface area contributed by atoms with Gasteiger partial charge in [0.15, 0.2) is 0 Å². The van der Waals surface area contributed by atoms with Crippen LogP contribution in [-0.4, -0.2) is 9.97 Å². The summed E-state index contributed by atoms with van der Waals surface area (Å²) in [6.45, 7) is 24.5. The standard InChI is InChI=1S/C33H28N.C19H24N.Ir/c1-20-17-21(2)29(22(3)18-20)24-10-8-11-25(19-24)32-31-27(15-16-34-32)30-26-12-7-6-9-23(26)13-14-28(30)33(31,4)5;1-18(2,3)15-9-7-14(8-10-15)17-12-11-16(13-20-17)19(4,5)6;/h6-10,12-19H,1-5H3;7,9-13H,1-6H3;/q2*-1;. The van der Waals surface area contributed by atoms with Gasteiger partial charge in [-0.2, -0.15) is 0 Å². The zero-order valence-electron chi connectivity index (χ0n) is 34.2. The molecule has 5 aromatic carbocycles. The molecule has 0 saturated carbocycles. The monoisotopic (exact) mass is 897 g/mol. The Morgan fingerprint density at radius 2 is 1.33 bits per heavy atom. The van der Waals surface area contributed by atoms with Gasteiger partial charge in [0, 0.05) is 37.9 Å². The van der Waals surface area contributed by atoms with Crippen molar-refractivity contribution >= 4 is 10.8 Å². The van der Waals surface area contributed by atoms with Gasteiger partial charge >= 0.3 is 0 Å². The van der Waals surface area contributed by atoms with Crippen LogP contribution in [0.5, 0.6) is 0 Å². The molecular formula is C52H52IrN2-2. The number of pyridine rings is 2. The van der Waals surface area contributed by atoms with Gasteiger partial charge in [-0.1, -0.05) is 122 Å². The Kier molecular flexibility index (Phi) is 11.0. The van der Waals surface area contributed by atoms with Gasteiger partial charge in [0.2, 0.25) is 0 Å². The molecular weight excluding hydrogens is 845 g/mol. The minimum absolute atomic E-state index is 0. The summed E-state index contributed by atoms with van der Waals surface area (Å²) >= 11 is 0. The van der Waals surface area contributed by atoms with Crippen molar-refractivity contribution in [2.24, 2.45) is 0 Å². The van der Waals surface area contributed by atoms with Crippen LogP contribution in [-0.2, 0) is 36.4 Å². The van der Waals surface area contributed by atoms with Crippen LogP contribution >= 0.6 is 0 Å². The smallest absolute Gasteiger partial charge is 0.0198 e. The third-order valence-corrected chi connectivity index (χ3v) is 11.1. The molecule has 55 heavy (non-hydrogen) atoms. The average Bonchev–Trinajstić information content (AvgIpc) is 3.37. The first-order chi connectivity index (χ1) is 25.5. The number of rotatable bonds is 3. The molecule has 1 aliphatic rings. The fourth-order valence-electron chi connectivity index (χ4n) is 8.17. The number of fused-ring (bicyclic) bond motifs is 5. The molecule has 0 fully saturated rings. The van der Waals surface area contributed by atoms with Gasteiger partial charge in [-0.05, 0) is 104 Å². The Balaban J connectivity index is 0.000000211. The predicted molar refractivity (Wildman–Crippen MR) is 229 cm³/mol. The van der Waals surface area contributed by atoms with E-state index in [2.05, 4.69) is 196 Å². The Labute approximate surface area is 342 Å². The summed E-state index contributed by atoms with van der Waals surface area (Å²) in [6.07, 6.45) is 3.94. The molecule has 0 N–H and O–H groups in total. The minimum Gasteiger partial charge on any atom is -0.304 e. The summed E-state index contributed by atoms with van der Waals surface area (Å²) in [7, 11) is 0. The number of nitrogens with zero attached hydrogens (tertiary/aromatic N) is 2. The van der Waals surface area contributed by atoms with E-state index in [0.717, 1.165) is 22.5 Å². The number of aromatic nitrogens is 2. The van der Waals surface area contributed by atoms with Crippen molar-refractivity contribution in [3.05, 3.63) is 167 Å². The molecule has 1 aliphatic carbocycles. The maximum absolute atomic E-state index is 4.94. The van der Waals surface area contributed by atoms with E-state index in [1.54, 1.807) is 0 Å². The van der Waals surface area contributed by atoms with Crippen LogP contribution in [0.25, 0.3) is 55.5 Å². The van der Waals surface area contributed by atoms with Crippen LogP contribution in [0.3, 0.4) is 0 Å². The van der Waals surface area contributed by atoms with Crippen LogP contribution in [0.1, 0.15) is 94.3 Å². The Bertz CT molecular complexity index is 2410. The molecule has 8 rings (SSSR count). The number of benzene rings is 5. The van der Waals surface area contributed by atoms with Gasteiger partial charge in [-0.3, -0.25) is 0 Å². The molecule has 3 heteroatoms. The Morgan fingerprint density at radius 3 is 1.96 bits per heavy atom. The Hall–Kier alpha value is -4.69. The molecule has 0 bridgehead atoms. The van der Waals surface area contributed by atoms with Crippen molar-refractivity contribution in [3.63, 3.8) is 0 Å². The molecule has 0 spiro atoms. The zero-order valence-corrected chi connectivity index (χ0v) is 36.6. The third kappa shape index (κ3) is 7.75. The summed E-state index contributed by atoms with van der Waals surface area (Å²) in [5, 5.41) is 2.59.